The average molecular weight is 318 g/mol. The van der Waals surface area contributed by atoms with Gasteiger partial charge >= 0.3 is 6.18 Å². The summed E-state index contributed by atoms with van der Waals surface area (Å²) >= 11 is 0. The molecule has 1 N–H and O–H groups in total. The molecule has 1 aliphatic heterocycles. The number of fused-ring (bicyclic) bond motifs is 2. The third kappa shape index (κ3) is 2.32. The van der Waals surface area contributed by atoms with Gasteiger partial charge in [0.2, 0.25) is 0 Å². The van der Waals surface area contributed by atoms with Gasteiger partial charge in [0.1, 0.15) is 5.69 Å². The van der Waals surface area contributed by atoms with E-state index < -0.39 is 11.9 Å². The van der Waals surface area contributed by atoms with Crippen LogP contribution in [-0.2, 0) is 12.7 Å². The van der Waals surface area contributed by atoms with Crippen LogP contribution in [-0.4, -0.2) is 16.0 Å². The minimum absolute atomic E-state index is 0.0576. The van der Waals surface area contributed by atoms with E-state index in [1.54, 1.807) is 6.20 Å². The van der Waals surface area contributed by atoms with Crippen molar-refractivity contribution in [3.8, 4) is 0 Å². The zero-order chi connectivity index (χ0) is 16.0. The van der Waals surface area contributed by atoms with Gasteiger partial charge in [-0.05, 0) is 18.2 Å². The first-order chi connectivity index (χ1) is 11.0. The molecule has 0 atom stereocenters. The molecule has 0 aliphatic carbocycles. The van der Waals surface area contributed by atoms with E-state index in [4.69, 9.17) is 4.52 Å². The minimum Gasteiger partial charge on any atom is -0.356 e. The molecule has 0 spiro atoms. The molecule has 23 heavy (non-hydrogen) atoms. The molecule has 0 saturated heterocycles. The summed E-state index contributed by atoms with van der Waals surface area (Å²) in [5, 5.41) is 6.09. The third-order valence-corrected chi connectivity index (χ3v) is 3.53. The molecule has 0 radical (unpaired) electrons. The van der Waals surface area contributed by atoms with E-state index in [9.17, 15) is 13.2 Å². The number of pyridine rings is 1. The topological polar surface area (TPSA) is 63.3 Å². The van der Waals surface area contributed by atoms with Crippen LogP contribution in [0.2, 0.25) is 0 Å². The van der Waals surface area contributed by atoms with Gasteiger partial charge < -0.3 is 9.84 Å². The van der Waals surface area contributed by atoms with Crippen LogP contribution in [0.5, 0.6) is 0 Å². The maximum atomic E-state index is 12.8. The van der Waals surface area contributed by atoms with Crippen LogP contribution in [0.4, 0.5) is 18.9 Å². The Morgan fingerprint density at radius 3 is 2.87 bits per heavy atom. The molecule has 1 aliphatic rings. The van der Waals surface area contributed by atoms with E-state index in [1.807, 2.05) is 12.1 Å². The Morgan fingerprint density at radius 1 is 1.17 bits per heavy atom. The Hall–Kier alpha value is -2.90. The second-order valence-corrected chi connectivity index (χ2v) is 5.04. The van der Waals surface area contributed by atoms with E-state index in [0.29, 0.717) is 18.1 Å². The molecule has 0 bridgehead atoms. The zero-order valence-corrected chi connectivity index (χ0v) is 11.6. The summed E-state index contributed by atoms with van der Waals surface area (Å²) in [4.78, 5) is 8.60. The fourth-order valence-electron chi connectivity index (χ4n) is 2.47. The van der Waals surface area contributed by atoms with Crippen LogP contribution >= 0.6 is 0 Å². The summed E-state index contributed by atoms with van der Waals surface area (Å²) in [5.41, 5.74) is 1.32. The number of nitrogens with one attached hydrogen (secondary N) is 1. The van der Waals surface area contributed by atoms with E-state index in [1.165, 1.54) is 18.2 Å². The number of aliphatic imine (C=N–C) groups is 1. The van der Waals surface area contributed by atoms with Gasteiger partial charge in [0, 0.05) is 23.5 Å². The lowest BCUT2D eigenvalue weighted by molar-refractivity contribution is -0.141. The maximum absolute atomic E-state index is 12.8. The first kappa shape index (κ1) is 13.7. The number of hydrogen-bond donors (Lipinski definition) is 1. The molecular weight excluding hydrogens is 309 g/mol. The molecule has 4 rings (SSSR count). The second-order valence-electron chi connectivity index (χ2n) is 5.04. The number of amidine groups is 1. The minimum atomic E-state index is -4.54. The second kappa shape index (κ2) is 4.80. The number of aromatic nitrogens is 2. The molecule has 0 saturated carbocycles. The summed E-state index contributed by atoms with van der Waals surface area (Å²) in [6, 6.07) is 8.07. The largest absolute Gasteiger partial charge is 0.437 e. The lowest BCUT2D eigenvalue weighted by Gasteiger charge is -2.07. The van der Waals surface area contributed by atoms with E-state index in [2.05, 4.69) is 20.4 Å². The van der Waals surface area contributed by atoms with Crippen molar-refractivity contribution in [2.24, 2.45) is 4.99 Å². The molecule has 8 heteroatoms. The van der Waals surface area contributed by atoms with Crippen LogP contribution in [0.1, 0.15) is 17.0 Å². The van der Waals surface area contributed by atoms with Gasteiger partial charge in [0.25, 0.3) is 0 Å². The molecule has 1 aromatic carbocycles. The Kier molecular flexibility index (Phi) is 2.87. The highest BCUT2D eigenvalue weighted by Gasteiger charge is 2.37. The van der Waals surface area contributed by atoms with Crippen molar-refractivity contribution in [2.45, 2.75) is 12.7 Å². The lowest BCUT2D eigenvalue weighted by atomic mass is 10.2. The monoisotopic (exact) mass is 318 g/mol. The number of benzene rings is 1. The third-order valence-electron chi connectivity index (χ3n) is 3.53. The number of anilines is 1. The van der Waals surface area contributed by atoms with Crippen molar-refractivity contribution in [3.05, 3.63) is 53.5 Å². The van der Waals surface area contributed by atoms with Crippen molar-refractivity contribution in [1.82, 2.24) is 10.1 Å². The maximum Gasteiger partial charge on any atom is 0.437 e. The predicted molar refractivity (Wildman–Crippen MR) is 77.1 cm³/mol. The van der Waals surface area contributed by atoms with Crippen LogP contribution in [0.15, 0.2) is 46.0 Å². The summed E-state index contributed by atoms with van der Waals surface area (Å²) < 4.78 is 43.1. The van der Waals surface area contributed by atoms with Gasteiger partial charge in [-0.3, -0.25) is 9.98 Å². The molecule has 0 amide bonds. The highest BCUT2D eigenvalue weighted by atomic mass is 19.4. The smallest absolute Gasteiger partial charge is 0.356 e. The Balaban J connectivity index is 1.67. The summed E-state index contributed by atoms with van der Waals surface area (Å²) in [6.07, 6.45) is -2.88. The number of hydrogen-bond acceptors (Lipinski definition) is 5. The summed E-state index contributed by atoms with van der Waals surface area (Å²) in [5.74, 6) is 0.579. The van der Waals surface area contributed by atoms with Gasteiger partial charge in [0.15, 0.2) is 17.1 Å². The van der Waals surface area contributed by atoms with Crippen molar-refractivity contribution < 1.29 is 17.7 Å². The zero-order valence-electron chi connectivity index (χ0n) is 11.6. The van der Waals surface area contributed by atoms with Gasteiger partial charge in [-0.1, -0.05) is 11.2 Å². The van der Waals surface area contributed by atoms with Gasteiger partial charge in [-0.2, -0.15) is 13.2 Å². The standard InChI is InChI=1S/C15H9F3N4O/c16-15(17,18)13-10-4-3-9(6-11(10)23-22-13)21-14-12-8(7-20-14)2-1-5-19-12/h1-6H,7H2,(H,20,21). The van der Waals surface area contributed by atoms with Crippen LogP contribution in [0.3, 0.4) is 0 Å². The van der Waals surface area contributed by atoms with E-state index in [-0.39, 0.29) is 11.0 Å². The van der Waals surface area contributed by atoms with Crippen molar-refractivity contribution in [2.75, 3.05) is 5.32 Å². The molecule has 3 heterocycles. The highest BCUT2D eigenvalue weighted by molar-refractivity contribution is 6.09. The van der Waals surface area contributed by atoms with Crippen molar-refractivity contribution in [1.29, 1.82) is 0 Å². The van der Waals surface area contributed by atoms with E-state index in [0.717, 1.165) is 11.3 Å². The molecular formula is C15H9F3N4O. The SMILES string of the molecule is FC(F)(F)c1noc2cc(NC3=NCc4cccnc43)ccc12. The number of alkyl halides is 3. The number of rotatable bonds is 1. The van der Waals surface area contributed by atoms with E-state index >= 15 is 0 Å². The first-order valence-corrected chi connectivity index (χ1v) is 6.75. The quantitative estimate of drug-likeness (QED) is 0.744. The fraction of sp³-hybridized carbons (Fsp3) is 0.133. The summed E-state index contributed by atoms with van der Waals surface area (Å²) in [6.45, 7) is 0.522. The van der Waals surface area contributed by atoms with Gasteiger partial charge in [-0.25, -0.2) is 0 Å². The van der Waals surface area contributed by atoms with Gasteiger partial charge in [-0.15, -0.1) is 0 Å². The lowest BCUT2D eigenvalue weighted by Crippen LogP contribution is -2.13. The van der Waals surface area contributed by atoms with Crippen LogP contribution in [0, 0.1) is 0 Å². The Labute approximate surface area is 127 Å². The normalized spacial score (nSPS) is 14.0. The Bertz CT molecular complexity index is 930. The molecule has 116 valence electrons. The first-order valence-electron chi connectivity index (χ1n) is 6.75. The molecule has 3 aromatic rings. The Morgan fingerprint density at radius 2 is 2.04 bits per heavy atom. The van der Waals surface area contributed by atoms with Crippen LogP contribution < -0.4 is 5.32 Å². The molecule has 0 fully saturated rings. The molecule has 0 unspecified atom stereocenters. The number of nitrogens with zero attached hydrogens (tertiary/aromatic N) is 3. The van der Waals surface area contributed by atoms with Crippen molar-refractivity contribution >= 4 is 22.5 Å². The predicted octanol–water partition coefficient (Wildman–Crippen LogP) is 3.61. The van der Waals surface area contributed by atoms with Gasteiger partial charge in [0.05, 0.1) is 11.9 Å². The molecule has 2 aromatic heterocycles. The average Bonchev–Trinajstić information content (AvgIpc) is 3.11. The summed E-state index contributed by atoms with van der Waals surface area (Å²) in [7, 11) is 0. The van der Waals surface area contributed by atoms with Crippen LogP contribution in [0.25, 0.3) is 11.0 Å². The number of halogens is 3. The van der Waals surface area contributed by atoms with Crippen molar-refractivity contribution in [3.63, 3.8) is 0 Å². The molecule has 5 nitrogen and oxygen atoms in total. The fourth-order valence-corrected chi connectivity index (χ4v) is 2.47. The highest BCUT2D eigenvalue weighted by Crippen LogP contribution is 2.35.